The Kier molecular flexibility index (Phi) is 4.97. The van der Waals surface area contributed by atoms with E-state index in [9.17, 15) is 4.79 Å². The van der Waals surface area contributed by atoms with Crippen LogP contribution in [0.25, 0.3) is 0 Å². The van der Waals surface area contributed by atoms with Crippen molar-refractivity contribution in [2.24, 2.45) is 0 Å². The second-order valence-corrected chi connectivity index (χ2v) is 4.13. The molecule has 0 heterocycles. The Morgan fingerprint density at radius 2 is 2.24 bits per heavy atom. The van der Waals surface area contributed by atoms with Crippen molar-refractivity contribution in [2.45, 2.75) is 25.9 Å². The van der Waals surface area contributed by atoms with Crippen LogP contribution in [0.3, 0.4) is 0 Å². The van der Waals surface area contributed by atoms with E-state index in [1.165, 1.54) is 0 Å². The zero-order valence-electron chi connectivity index (χ0n) is 10.6. The molecule has 0 aliphatic rings. The number of rotatable bonds is 5. The molecular weight excluding hydrogens is 216 g/mol. The lowest BCUT2D eigenvalue weighted by atomic mass is 10.2. The third kappa shape index (κ3) is 4.07. The Morgan fingerprint density at radius 3 is 2.82 bits per heavy atom. The summed E-state index contributed by atoms with van der Waals surface area (Å²) in [6, 6.07) is 7.30. The standard InChI is InChI=1S/C13H20N2O2/c1-10(17-3)7-8-13(16)15(2)12-6-4-5-11(14)9-12/h4-6,9-10H,7-8,14H2,1-3H3. The maximum Gasteiger partial charge on any atom is 0.226 e. The summed E-state index contributed by atoms with van der Waals surface area (Å²) in [4.78, 5) is 13.5. The fourth-order valence-electron chi connectivity index (χ4n) is 1.49. The Morgan fingerprint density at radius 1 is 1.53 bits per heavy atom. The van der Waals surface area contributed by atoms with Gasteiger partial charge in [0, 0.05) is 32.0 Å². The molecule has 0 spiro atoms. The normalized spacial score (nSPS) is 12.2. The monoisotopic (exact) mass is 236 g/mol. The van der Waals surface area contributed by atoms with E-state index in [4.69, 9.17) is 10.5 Å². The number of methoxy groups -OCH3 is 1. The highest BCUT2D eigenvalue weighted by atomic mass is 16.5. The first-order valence-corrected chi connectivity index (χ1v) is 5.69. The van der Waals surface area contributed by atoms with E-state index in [1.54, 1.807) is 31.2 Å². The molecule has 0 radical (unpaired) electrons. The third-order valence-corrected chi connectivity index (χ3v) is 2.80. The second-order valence-electron chi connectivity index (χ2n) is 4.13. The summed E-state index contributed by atoms with van der Waals surface area (Å²) in [6.45, 7) is 1.95. The summed E-state index contributed by atoms with van der Waals surface area (Å²) in [7, 11) is 3.41. The van der Waals surface area contributed by atoms with Crippen molar-refractivity contribution >= 4 is 17.3 Å². The molecule has 0 aliphatic carbocycles. The fraction of sp³-hybridized carbons (Fsp3) is 0.462. The molecule has 0 aromatic heterocycles. The quantitative estimate of drug-likeness (QED) is 0.796. The van der Waals surface area contributed by atoms with Gasteiger partial charge in [0.15, 0.2) is 0 Å². The second kappa shape index (κ2) is 6.25. The molecular formula is C13H20N2O2. The summed E-state index contributed by atoms with van der Waals surface area (Å²) >= 11 is 0. The molecule has 0 aliphatic heterocycles. The zero-order chi connectivity index (χ0) is 12.8. The van der Waals surface area contributed by atoms with Crippen molar-refractivity contribution in [1.82, 2.24) is 0 Å². The Labute approximate surface area is 102 Å². The number of hydrogen-bond acceptors (Lipinski definition) is 3. The van der Waals surface area contributed by atoms with Crippen molar-refractivity contribution in [1.29, 1.82) is 0 Å². The lowest BCUT2D eigenvalue weighted by molar-refractivity contribution is -0.118. The number of nitrogens with zero attached hydrogens (tertiary/aromatic N) is 1. The van der Waals surface area contributed by atoms with Crippen LogP contribution in [0.2, 0.25) is 0 Å². The molecule has 0 bridgehead atoms. The largest absolute Gasteiger partial charge is 0.399 e. The molecule has 94 valence electrons. The van der Waals surface area contributed by atoms with Crippen LogP contribution in [-0.4, -0.2) is 26.2 Å². The third-order valence-electron chi connectivity index (χ3n) is 2.80. The minimum Gasteiger partial charge on any atom is -0.399 e. The number of hydrogen-bond donors (Lipinski definition) is 1. The van der Waals surface area contributed by atoms with Gasteiger partial charge in [-0.1, -0.05) is 6.07 Å². The van der Waals surface area contributed by atoms with E-state index in [0.29, 0.717) is 12.1 Å². The van der Waals surface area contributed by atoms with Gasteiger partial charge >= 0.3 is 0 Å². The maximum absolute atomic E-state index is 11.9. The van der Waals surface area contributed by atoms with Gasteiger partial charge in [0.1, 0.15) is 0 Å². The summed E-state index contributed by atoms with van der Waals surface area (Å²) in [6.07, 6.45) is 1.30. The minimum atomic E-state index is 0.0690. The average molecular weight is 236 g/mol. The van der Waals surface area contributed by atoms with Crippen molar-refractivity contribution in [3.8, 4) is 0 Å². The van der Waals surface area contributed by atoms with Gasteiger partial charge in [-0.2, -0.15) is 0 Å². The lowest BCUT2D eigenvalue weighted by Crippen LogP contribution is -2.27. The number of ether oxygens (including phenoxy) is 1. The highest BCUT2D eigenvalue weighted by molar-refractivity contribution is 5.93. The number of benzene rings is 1. The highest BCUT2D eigenvalue weighted by Gasteiger charge is 2.12. The van der Waals surface area contributed by atoms with E-state index in [0.717, 1.165) is 12.1 Å². The molecule has 1 aromatic carbocycles. The van der Waals surface area contributed by atoms with Gasteiger partial charge in [-0.15, -0.1) is 0 Å². The predicted molar refractivity (Wildman–Crippen MR) is 70.0 cm³/mol. The van der Waals surface area contributed by atoms with Crippen molar-refractivity contribution in [3.63, 3.8) is 0 Å². The number of carbonyl (C=O) groups excluding carboxylic acids is 1. The van der Waals surface area contributed by atoms with Gasteiger partial charge in [-0.05, 0) is 31.5 Å². The van der Waals surface area contributed by atoms with Gasteiger partial charge in [-0.3, -0.25) is 4.79 Å². The Bertz CT molecular complexity index is 379. The molecule has 1 amide bonds. The van der Waals surface area contributed by atoms with Crippen LogP contribution in [0.4, 0.5) is 11.4 Å². The molecule has 2 N–H and O–H groups in total. The molecule has 1 aromatic rings. The molecule has 0 saturated carbocycles. The number of amides is 1. The minimum absolute atomic E-state index is 0.0690. The Balaban J connectivity index is 2.57. The van der Waals surface area contributed by atoms with Crippen LogP contribution in [0.15, 0.2) is 24.3 Å². The first-order chi connectivity index (χ1) is 8.04. The van der Waals surface area contributed by atoms with Crippen LogP contribution >= 0.6 is 0 Å². The van der Waals surface area contributed by atoms with E-state index >= 15 is 0 Å². The van der Waals surface area contributed by atoms with Crippen molar-refractivity contribution < 1.29 is 9.53 Å². The summed E-state index contributed by atoms with van der Waals surface area (Å²) in [5.74, 6) is 0.0690. The van der Waals surface area contributed by atoms with Crippen LogP contribution < -0.4 is 10.6 Å². The predicted octanol–water partition coefficient (Wildman–Crippen LogP) is 2.05. The molecule has 0 fully saturated rings. The maximum atomic E-state index is 11.9. The zero-order valence-corrected chi connectivity index (χ0v) is 10.6. The molecule has 17 heavy (non-hydrogen) atoms. The molecule has 1 rings (SSSR count). The summed E-state index contributed by atoms with van der Waals surface area (Å²) in [5, 5.41) is 0. The van der Waals surface area contributed by atoms with Crippen LogP contribution in [-0.2, 0) is 9.53 Å². The lowest BCUT2D eigenvalue weighted by Gasteiger charge is -2.18. The number of nitrogen functional groups attached to an aromatic ring is 1. The van der Waals surface area contributed by atoms with Gasteiger partial charge in [-0.25, -0.2) is 0 Å². The fourth-order valence-corrected chi connectivity index (χ4v) is 1.49. The SMILES string of the molecule is COC(C)CCC(=O)N(C)c1cccc(N)c1. The highest BCUT2D eigenvalue weighted by Crippen LogP contribution is 2.17. The van der Waals surface area contributed by atoms with Crippen LogP contribution in [0, 0.1) is 0 Å². The Hall–Kier alpha value is -1.55. The number of carbonyl (C=O) groups is 1. The van der Waals surface area contributed by atoms with Gasteiger partial charge in [0.05, 0.1) is 6.10 Å². The number of nitrogens with two attached hydrogens (primary N) is 1. The van der Waals surface area contributed by atoms with E-state index in [2.05, 4.69) is 0 Å². The van der Waals surface area contributed by atoms with Gasteiger partial charge in [0.2, 0.25) is 5.91 Å². The smallest absolute Gasteiger partial charge is 0.226 e. The van der Waals surface area contributed by atoms with E-state index in [1.807, 2.05) is 19.1 Å². The topological polar surface area (TPSA) is 55.6 Å². The molecule has 1 unspecified atom stereocenters. The van der Waals surface area contributed by atoms with E-state index < -0.39 is 0 Å². The van der Waals surface area contributed by atoms with E-state index in [-0.39, 0.29) is 12.0 Å². The van der Waals surface area contributed by atoms with Crippen LogP contribution in [0.1, 0.15) is 19.8 Å². The molecule has 4 nitrogen and oxygen atoms in total. The van der Waals surface area contributed by atoms with Crippen molar-refractivity contribution in [3.05, 3.63) is 24.3 Å². The molecule has 1 atom stereocenters. The first-order valence-electron chi connectivity index (χ1n) is 5.69. The average Bonchev–Trinajstić information content (AvgIpc) is 2.34. The first kappa shape index (κ1) is 13.5. The van der Waals surface area contributed by atoms with Crippen molar-refractivity contribution in [2.75, 3.05) is 24.8 Å². The number of anilines is 2. The summed E-state index contributed by atoms with van der Waals surface area (Å²) < 4.78 is 5.11. The summed E-state index contributed by atoms with van der Waals surface area (Å²) in [5.41, 5.74) is 7.16. The van der Waals surface area contributed by atoms with Gasteiger partial charge in [0.25, 0.3) is 0 Å². The molecule has 4 heteroatoms. The van der Waals surface area contributed by atoms with Gasteiger partial charge < -0.3 is 15.4 Å². The van der Waals surface area contributed by atoms with Crippen LogP contribution in [0.5, 0.6) is 0 Å². The molecule has 0 saturated heterocycles.